The lowest BCUT2D eigenvalue weighted by Gasteiger charge is -2.31. The van der Waals surface area contributed by atoms with E-state index in [1.54, 1.807) is 22.8 Å². The van der Waals surface area contributed by atoms with Gasteiger partial charge in [-0.1, -0.05) is 26.0 Å². The highest BCUT2D eigenvalue weighted by atomic mass is 19.1. The van der Waals surface area contributed by atoms with Crippen LogP contribution in [0.15, 0.2) is 48.7 Å². The van der Waals surface area contributed by atoms with Gasteiger partial charge < -0.3 is 10.4 Å². The summed E-state index contributed by atoms with van der Waals surface area (Å²) in [5, 5.41) is 26.4. The molecule has 0 fully saturated rings. The van der Waals surface area contributed by atoms with E-state index in [4.69, 9.17) is 0 Å². The van der Waals surface area contributed by atoms with Crippen molar-refractivity contribution in [2.75, 3.05) is 5.32 Å². The quantitative estimate of drug-likeness (QED) is 0.493. The molecule has 3 heterocycles. The third kappa shape index (κ3) is 3.01. The van der Waals surface area contributed by atoms with Gasteiger partial charge in [0.05, 0.1) is 0 Å². The molecule has 1 unspecified atom stereocenters. The van der Waals surface area contributed by atoms with E-state index >= 15 is 0 Å². The molecule has 0 bridgehead atoms. The minimum absolute atomic E-state index is 0.215. The molecule has 4 rings (SSSR count). The van der Waals surface area contributed by atoms with Gasteiger partial charge in [-0.15, -0.1) is 5.10 Å². The molecule has 4 aromatic rings. The number of nitrogens with zero attached hydrogens (tertiary/aromatic N) is 4. The van der Waals surface area contributed by atoms with E-state index in [1.807, 2.05) is 39.0 Å². The molecule has 0 spiro atoms. The maximum Gasteiger partial charge on any atom is 0.188 e. The van der Waals surface area contributed by atoms with Crippen LogP contribution in [0.2, 0.25) is 0 Å². The Bertz CT molecular complexity index is 1120. The second-order valence-electron chi connectivity index (χ2n) is 7.11. The summed E-state index contributed by atoms with van der Waals surface area (Å²) >= 11 is 0. The molecule has 0 aliphatic heterocycles. The predicted molar refractivity (Wildman–Crippen MR) is 104 cm³/mol. The van der Waals surface area contributed by atoms with Crippen molar-refractivity contribution in [1.82, 2.24) is 24.8 Å². The van der Waals surface area contributed by atoms with Gasteiger partial charge in [-0.05, 0) is 42.7 Å². The molecule has 0 amide bonds. The standard InChI is InChI=1S/C20H21FN6O/c1-12(2)20(28,14-6-8-15(21)9-7-14)19-23-18(16-5-4-10-27(16)26-19)22-17-11-13(3)24-25-17/h4-12,28H,1-3H3,(H2,22,23,24,25,26). The number of anilines is 2. The summed E-state index contributed by atoms with van der Waals surface area (Å²) < 4.78 is 15.1. The van der Waals surface area contributed by atoms with Crippen molar-refractivity contribution in [3.05, 3.63) is 71.6 Å². The maximum absolute atomic E-state index is 13.4. The molecule has 28 heavy (non-hydrogen) atoms. The van der Waals surface area contributed by atoms with Crippen molar-refractivity contribution >= 4 is 17.2 Å². The zero-order valence-electron chi connectivity index (χ0n) is 15.8. The third-order valence-corrected chi connectivity index (χ3v) is 4.80. The Morgan fingerprint density at radius 3 is 2.61 bits per heavy atom. The van der Waals surface area contributed by atoms with Crippen LogP contribution in [0.3, 0.4) is 0 Å². The van der Waals surface area contributed by atoms with Gasteiger partial charge in [0.1, 0.15) is 11.3 Å². The van der Waals surface area contributed by atoms with E-state index in [9.17, 15) is 9.50 Å². The molecule has 7 nitrogen and oxygen atoms in total. The fourth-order valence-corrected chi connectivity index (χ4v) is 3.22. The van der Waals surface area contributed by atoms with E-state index in [-0.39, 0.29) is 17.6 Å². The molecule has 0 aliphatic rings. The second-order valence-corrected chi connectivity index (χ2v) is 7.11. The smallest absolute Gasteiger partial charge is 0.188 e. The molecule has 1 aromatic carbocycles. The van der Waals surface area contributed by atoms with Gasteiger partial charge in [0, 0.05) is 18.0 Å². The summed E-state index contributed by atoms with van der Waals surface area (Å²) in [6.45, 7) is 5.65. The minimum atomic E-state index is -1.50. The Morgan fingerprint density at radius 1 is 1.21 bits per heavy atom. The maximum atomic E-state index is 13.4. The van der Waals surface area contributed by atoms with Gasteiger partial charge in [0.25, 0.3) is 0 Å². The first kappa shape index (κ1) is 18.1. The van der Waals surface area contributed by atoms with E-state index < -0.39 is 5.60 Å². The van der Waals surface area contributed by atoms with Crippen LogP contribution in [0.5, 0.6) is 0 Å². The number of rotatable bonds is 5. The Morgan fingerprint density at radius 2 is 1.96 bits per heavy atom. The van der Waals surface area contributed by atoms with Crippen molar-refractivity contribution in [2.45, 2.75) is 26.4 Å². The normalized spacial score (nSPS) is 13.8. The van der Waals surface area contributed by atoms with Crippen LogP contribution in [-0.4, -0.2) is 29.9 Å². The third-order valence-electron chi connectivity index (χ3n) is 4.80. The zero-order chi connectivity index (χ0) is 19.9. The number of aryl methyl sites for hydroxylation is 1. The number of hydrogen-bond donors (Lipinski definition) is 3. The van der Waals surface area contributed by atoms with Crippen molar-refractivity contribution in [3.8, 4) is 0 Å². The first-order valence-corrected chi connectivity index (χ1v) is 9.01. The van der Waals surface area contributed by atoms with Crippen LogP contribution in [0, 0.1) is 18.7 Å². The Kier molecular flexibility index (Phi) is 4.35. The average molecular weight is 380 g/mol. The fraction of sp³-hybridized carbons (Fsp3) is 0.250. The number of aromatic nitrogens is 5. The number of fused-ring (bicyclic) bond motifs is 1. The van der Waals surface area contributed by atoms with Crippen LogP contribution in [0.4, 0.5) is 16.0 Å². The van der Waals surface area contributed by atoms with Crippen molar-refractivity contribution in [1.29, 1.82) is 0 Å². The topological polar surface area (TPSA) is 91.1 Å². The number of hydrogen-bond acceptors (Lipinski definition) is 5. The lowest BCUT2D eigenvalue weighted by molar-refractivity contribution is 0.0219. The molecule has 3 N–H and O–H groups in total. The van der Waals surface area contributed by atoms with E-state index in [1.165, 1.54) is 12.1 Å². The SMILES string of the molecule is Cc1cc(Nc2nc(C(O)(c3ccc(F)cc3)C(C)C)nn3cccc23)n[nH]1. The highest BCUT2D eigenvalue weighted by Gasteiger charge is 2.39. The number of H-pyrrole nitrogens is 1. The summed E-state index contributed by atoms with van der Waals surface area (Å²) in [6, 6.07) is 11.3. The summed E-state index contributed by atoms with van der Waals surface area (Å²) in [6.07, 6.45) is 1.78. The minimum Gasteiger partial charge on any atom is -0.377 e. The predicted octanol–water partition coefficient (Wildman–Crippen LogP) is 3.54. The van der Waals surface area contributed by atoms with Crippen LogP contribution in [0.25, 0.3) is 5.52 Å². The van der Waals surface area contributed by atoms with Gasteiger partial charge >= 0.3 is 0 Å². The molecule has 144 valence electrons. The van der Waals surface area contributed by atoms with Crippen LogP contribution in [0.1, 0.15) is 30.9 Å². The van der Waals surface area contributed by atoms with E-state index in [2.05, 4.69) is 25.6 Å². The Balaban J connectivity index is 1.87. The number of halogens is 1. The van der Waals surface area contributed by atoms with Gasteiger partial charge in [0.2, 0.25) is 0 Å². The molecular formula is C20H21FN6O. The Labute approximate surface area is 161 Å². The monoisotopic (exact) mass is 380 g/mol. The molecule has 0 saturated heterocycles. The van der Waals surface area contributed by atoms with Gasteiger partial charge in [-0.3, -0.25) is 5.10 Å². The number of aromatic amines is 1. The molecule has 1 atom stereocenters. The highest BCUT2D eigenvalue weighted by Crippen LogP contribution is 2.36. The summed E-state index contributed by atoms with van der Waals surface area (Å²) in [7, 11) is 0. The average Bonchev–Trinajstić information content (AvgIpc) is 3.30. The highest BCUT2D eigenvalue weighted by molar-refractivity contribution is 5.72. The molecule has 0 radical (unpaired) electrons. The summed E-state index contributed by atoms with van der Waals surface area (Å²) in [5.41, 5.74) is 0.684. The molecule has 3 aromatic heterocycles. The molecular weight excluding hydrogens is 359 g/mol. The number of aliphatic hydroxyl groups is 1. The van der Waals surface area contributed by atoms with Crippen LogP contribution >= 0.6 is 0 Å². The molecule has 8 heteroatoms. The van der Waals surface area contributed by atoms with E-state index in [0.29, 0.717) is 17.2 Å². The lowest BCUT2D eigenvalue weighted by Crippen LogP contribution is -2.36. The van der Waals surface area contributed by atoms with Gasteiger partial charge in [-0.25, -0.2) is 13.9 Å². The first-order valence-electron chi connectivity index (χ1n) is 9.01. The molecule has 0 saturated carbocycles. The second kappa shape index (κ2) is 6.72. The van der Waals surface area contributed by atoms with Crippen molar-refractivity contribution in [3.63, 3.8) is 0 Å². The van der Waals surface area contributed by atoms with Gasteiger partial charge in [0.15, 0.2) is 23.1 Å². The summed E-state index contributed by atoms with van der Waals surface area (Å²) in [5.74, 6) is 0.717. The van der Waals surface area contributed by atoms with Crippen LogP contribution in [-0.2, 0) is 5.60 Å². The summed E-state index contributed by atoms with van der Waals surface area (Å²) in [4.78, 5) is 4.63. The largest absolute Gasteiger partial charge is 0.377 e. The Hall–Kier alpha value is -3.26. The fourth-order valence-electron chi connectivity index (χ4n) is 3.22. The molecule has 0 aliphatic carbocycles. The van der Waals surface area contributed by atoms with Crippen molar-refractivity contribution < 1.29 is 9.50 Å². The number of nitrogens with one attached hydrogen (secondary N) is 2. The van der Waals surface area contributed by atoms with Gasteiger partial charge in [-0.2, -0.15) is 5.10 Å². The van der Waals surface area contributed by atoms with Crippen molar-refractivity contribution in [2.24, 2.45) is 5.92 Å². The first-order chi connectivity index (χ1) is 13.4. The van der Waals surface area contributed by atoms with E-state index in [0.717, 1.165) is 11.2 Å². The van der Waals surface area contributed by atoms with Crippen LogP contribution < -0.4 is 5.32 Å². The number of benzene rings is 1. The zero-order valence-corrected chi connectivity index (χ0v) is 15.8. The lowest BCUT2D eigenvalue weighted by atomic mass is 9.82.